The van der Waals surface area contributed by atoms with Crippen LogP contribution in [0.3, 0.4) is 0 Å². The lowest BCUT2D eigenvalue weighted by Gasteiger charge is -2.23. The van der Waals surface area contributed by atoms with Crippen LogP contribution in [0.4, 0.5) is 0 Å². The van der Waals surface area contributed by atoms with Gasteiger partial charge in [0, 0.05) is 13.1 Å². The van der Waals surface area contributed by atoms with E-state index < -0.39 is 28.0 Å². The topological polar surface area (TPSA) is 101 Å². The normalized spacial score (nSPS) is 30.8. The lowest BCUT2D eigenvalue weighted by atomic mass is 10.2. The molecule has 0 aromatic heterocycles. The number of carbonyl (C=O) groups is 2. The summed E-state index contributed by atoms with van der Waals surface area (Å²) >= 11 is 0. The summed E-state index contributed by atoms with van der Waals surface area (Å²) in [6.07, 6.45) is -0.563. The zero-order valence-corrected chi connectivity index (χ0v) is 11.3. The van der Waals surface area contributed by atoms with Crippen molar-refractivity contribution >= 4 is 21.7 Å². The number of nitrogens with zero attached hydrogens (tertiary/aromatic N) is 1. The highest BCUT2D eigenvalue weighted by molar-refractivity contribution is 7.91. The number of aliphatic carboxylic acids is 1. The number of sulfone groups is 1. The molecule has 8 heteroatoms. The van der Waals surface area contributed by atoms with E-state index in [1.165, 1.54) is 4.90 Å². The highest BCUT2D eigenvalue weighted by Crippen LogP contribution is 2.22. The second-order valence-corrected chi connectivity index (χ2v) is 7.16. The molecule has 0 aromatic rings. The Bertz CT molecular complexity index is 474. The summed E-state index contributed by atoms with van der Waals surface area (Å²) in [4.78, 5) is 24.4. The van der Waals surface area contributed by atoms with Crippen molar-refractivity contribution in [3.63, 3.8) is 0 Å². The van der Waals surface area contributed by atoms with E-state index in [1.807, 2.05) is 0 Å². The van der Waals surface area contributed by atoms with Crippen LogP contribution in [0, 0.1) is 0 Å². The van der Waals surface area contributed by atoms with Crippen molar-refractivity contribution < 1.29 is 27.9 Å². The lowest BCUT2D eigenvalue weighted by molar-refractivity contribution is -0.154. The fraction of sp³-hybridized carbons (Fsp3) is 0.818. The zero-order chi connectivity index (χ0) is 14.0. The number of carboxylic acids is 1. The molecule has 2 rings (SSSR count). The van der Waals surface area contributed by atoms with E-state index in [1.54, 1.807) is 0 Å². The van der Waals surface area contributed by atoms with Gasteiger partial charge in [0.2, 0.25) is 0 Å². The Balaban J connectivity index is 1.95. The summed E-state index contributed by atoms with van der Waals surface area (Å²) in [7, 11) is -3.06. The minimum absolute atomic E-state index is 0.0339. The fourth-order valence-corrected chi connectivity index (χ4v) is 3.63. The molecule has 2 atom stereocenters. The third-order valence-electron chi connectivity index (χ3n) is 3.44. The molecule has 0 saturated carbocycles. The van der Waals surface area contributed by atoms with E-state index in [9.17, 15) is 18.0 Å². The SMILES string of the molecule is O=C(O)[C@H]1CC[C@@H](C(=O)N2CCCS(=O)(=O)CC2)O1. The molecule has 1 N–H and O–H groups in total. The molecule has 7 nitrogen and oxygen atoms in total. The zero-order valence-electron chi connectivity index (χ0n) is 10.4. The molecule has 0 spiro atoms. The van der Waals surface area contributed by atoms with Crippen LogP contribution in [-0.2, 0) is 24.2 Å². The van der Waals surface area contributed by atoms with Gasteiger partial charge in [-0.15, -0.1) is 0 Å². The summed E-state index contributed by atoms with van der Waals surface area (Å²) in [6, 6.07) is 0. The van der Waals surface area contributed by atoms with Crippen LogP contribution in [0.1, 0.15) is 19.3 Å². The molecule has 0 aliphatic carbocycles. The Morgan fingerprint density at radius 3 is 2.42 bits per heavy atom. The average molecular weight is 291 g/mol. The van der Waals surface area contributed by atoms with E-state index in [0.29, 0.717) is 25.8 Å². The monoisotopic (exact) mass is 291 g/mol. The molecule has 19 heavy (non-hydrogen) atoms. The van der Waals surface area contributed by atoms with Crippen LogP contribution < -0.4 is 0 Å². The number of carboxylic acid groups (broad SMARTS) is 1. The molecule has 1 amide bonds. The van der Waals surface area contributed by atoms with Gasteiger partial charge in [0.25, 0.3) is 5.91 Å². The number of hydrogen-bond donors (Lipinski definition) is 1. The van der Waals surface area contributed by atoms with E-state index in [0.717, 1.165) is 0 Å². The molecule has 0 radical (unpaired) electrons. The van der Waals surface area contributed by atoms with Crippen LogP contribution in [0.2, 0.25) is 0 Å². The van der Waals surface area contributed by atoms with E-state index >= 15 is 0 Å². The van der Waals surface area contributed by atoms with Crippen molar-refractivity contribution in [3.8, 4) is 0 Å². The summed E-state index contributed by atoms with van der Waals surface area (Å²) < 4.78 is 28.1. The van der Waals surface area contributed by atoms with Gasteiger partial charge in [-0.25, -0.2) is 13.2 Å². The highest BCUT2D eigenvalue weighted by atomic mass is 32.2. The Hall–Kier alpha value is -1.15. The molecule has 2 heterocycles. The first-order chi connectivity index (χ1) is 8.89. The van der Waals surface area contributed by atoms with Crippen LogP contribution in [0.25, 0.3) is 0 Å². The van der Waals surface area contributed by atoms with Crippen LogP contribution in [0.15, 0.2) is 0 Å². The maximum atomic E-state index is 12.1. The molecular weight excluding hydrogens is 274 g/mol. The fourth-order valence-electron chi connectivity index (χ4n) is 2.36. The summed E-state index contributed by atoms with van der Waals surface area (Å²) in [5, 5.41) is 8.81. The Morgan fingerprint density at radius 2 is 1.79 bits per heavy atom. The molecule has 0 unspecified atom stereocenters. The highest BCUT2D eigenvalue weighted by Gasteiger charge is 2.37. The van der Waals surface area contributed by atoms with E-state index in [-0.39, 0.29) is 24.0 Å². The van der Waals surface area contributed by atoms with Gasteiger partial charge in [0.1, 0.15) is 6.10 Å². The third-order valence-corrected chi connectivity index (χ3v) is 5.15. The minimum atomic E-state index is -3.06. The van der Waals surface area contributed by atoms with Gasteiger partial charge in [-0.1, -0.05) is 0 Å². The number of ether oxygens (including phenoxy) is 1. The molecule has 0 aromatic carbocycles. The van der Waals surface area contributed by atoms with Gasteiger partial charge in [-0.05, 0) is 19.3 Å². The summed E-state index contributed by atoms with van der Waals surface area (Å²) in [5.74, 6) is -1.29. The van der Waals surface area contributed by atoms with E-state index in [4.69, 9.17) is 9.84 Å². The van der Waals surface area contributed by atoms with E-state index in [2.05, 4.69) is 0 Å². The predicted molar refractivity (Wildman–Crippen MR) is 65.4 cm³/mol. The smallest absolute Gasteiger partial charge is 0.332 e. The Kier molecular flexibility index (Phi) is 4.10. The Morgan fingerprint density at radius 1 is 1.11 bits per heavy atom. The quantitative estimate of drug-likeness (QED) is 0.719. The van der Waals surface area contributed by atoms with Gasteiger partial charge < -0.3 is 14.7 Å². The maximum absolute atomic E-state index is 12.1. The first-order valence-corrected chi connectivity index (χ1v) is 8.09. The van der Waals surface area contributed by atoms with Crippen molar-refractivity contribution in [2.75, 3.05) is 24.6 Å². The lowest BCUT2D eigenvalue weighted by Crippen LogP contribution is -2.41. The van der Waals surface area contributed by atoms with Gasteiger partial charge >= 0.3 is 5.97 Å². The Labute approximate surface area is 111 Å². The standard InChI is InChI=1S/C11H17NO6S/c13-10(8-2-3-9(18-8)11(14)15)12-4-1-6-19(16,17)7-5-12/h8-9H,1-7H2,(H,14,15)/t8-,9+/m0/s1. The van der Waals surface area contributed by atoms with Crippen molar-refractivity contribution in [2.24, 2.45) is 0 Å². The molecule has 2 aliphatic rings. The molecule has 2 aliphatic heterocycles. The molecule has 108 valence electrons. The molecule has 0 bridgehead atoms. The minimum Gasteiger partial charge on any atom is -0.479 e. The third kappa shape index (κ3) is 3.44. The van der Waals surface area contributed by atoms with Crippen LogP contribution in [-0.4, -0.2) is 67.1 Å². The second-order valence-electron chi connectivity index (χ2n) is 4.86. The number of amides is 1. The van der Waals surface area contributed by atoms with Crippen LogP contribution >= 0.6 is 0 Å². The second kappa shape index (κ2) is 5.46. The summed E-state index contributed by atoms with van der Waals surface area (Å²) in [5.41, 5.74) is 0. The maximum Gasteiger partial charge on any atom is 0.332 e. The van der Waals surface area contributed by atoms with Crippen molar-refractivity contribution in [1.82, 2.24) is 4.90 Å². The van der Waals surface area contributed by atoms with Gasteiger partial charge in [-0.2, -0.15) is 0 Å². The number of rotatable bonds is 2. The number of carbonyl (C=O) groups excluding carboxylic acids is 1. The van der Waals surface area contributed by atoms with Gasteiger partial charge in [0.15, 0.2) is 15.9 Å². The van der Waals surface area contributed by atoms with Crippen molar-refractivity contribution in [1.29, 1.82) is 0 Å². The van der Waals surface area contributed by atoms with Crippen molar-refractivity contribution in [3.05, 3.63) is 0 Å². The largest absolute Gasteiger partial charge is 0.479 e. The van der Waals surface area contributed by atoms with Gasteiger partial charge in [-0.3, -0.25) is 4.79 Å². The molecule has 2 saturated heterocycles. The predicted octanol–water partition coefficient (Wildman–Crippen LogP) is -0.734. The van der Waals surface area contributed by atoms with Crippen LogP contribution in [0.5, 0.6) is 0 Å². The molecular formula is C11H17NO6S. The molecule has 2 fully saturated rings. The summed E-state index contributed by atoms with van der Waals surface area (Å²) in [6.45, 7) is 0.550. The van der Waals surface area contributed by atoms with Crippen molar-refractivity contribution in [2.45, 2.75) is 31.5 Å². The van der Waals surface area contributed by atoms with Gasteiger partial charge in [0.05, 0.1) is 11.5 Å². The first-order valence-electron chi connectivity index (χ1n) is 6.26. The number of hydrogen-bond acceptors (Lipinski definition) is 5. The average Bonchev–Trinajstić information content (AvgIpc) is 2.75. The first kappa shape index (κ1) is 14.3.